The Labute approximate surface area is 114 Å². The van der Waals surface area contributed by atoms with Gasteiger partial charge in [0.2, 0.25) is 0 Å². The highest BCUT2D eigenvalue weighted by Gasteiger charge is 2.36. The predicted octanol–water partition coefficient (Wildman–Crippen LogP) is 2.11. The molecule has 0 aromatic carbocycles. The molecule has 0 saturated heterocycles. The Morgan fingerprint density at radius 2 is 1.95 bits per heavy atom. The van der Waals surface area contributed by atoms with Gasteiger partial charge in [-0.2, -0.15) is 13.2 Å². The first-order valence-corrected chi connectivity index (χ1v) is 5.45. The summed E-state index contributed by atoms with van der Waals surface area (Å²) < 4.78 is 51.7. The minimum atomic E-state index is -5.01. The Morgan fingerprint density at radius 1 is 1.35 bits per heavy atom. The molecule has 0 atom stereocenters. The fourth-order valence-corrected chi connectivity index (χ4v) is 1.87. The van der Waals surface area contributed by atoms with E-state index in [0.29, 0.717) is 6.07 Å². The number of hydrogen-bond acceptors (Lipinski definition) is 4. The van der Waals surface area contributed by atoms with Gasteiger partial charge in [-0.15, -0.1) is 0 Å². The van der Waals surface area contributed by atoms with E-state index in [2.05, 4.69) is 9.97 Å². The van der Waals surface area contributed by atoms with Crippen LogP contribution < -0.4 is 5.11 Å². The first-order valence-electron chi connectivity index (χ1n) is 5.07. The molecule has 2 aromatic rings. The summed E-state index contributed by atoms with van der Waals surface area (Å²) in [5.74, 6) is -3.02. The highest BCUT2D eigenvalue weighted by molar-refractivity contribution is 6.30. The van der Waals surface area contributed by atoms with E-state index in [-0.39, 0.29) is 10.9 Å². The van der Waals surface area contributed by atoms with E-state index < -0.39 is 40.0 Å². The molecular weight excluding hydrogens is 304 g/mol. The number of hydrogen-bond donors (Lipinski definition) is 0. The topological polar surface area (TPSA) is 65.9 Å². The number of nitrogens with zero attached hydrogens (tertiary/aromatic N) is 2. The zero-order valence-electron chi connectivity index (χ0n) is 9.68. The van der Waals surface area contributed by atoms with E-state index in [1.54, 1.807) is 0 Å². The Kier molecular flexibility index (Phi) is 3.29. The van der Waals surface area contributed by atoms with Gasteiger partial charge in [-0.05, 0) is 18.6 Å². The standard InChI is InChI=1S/C11H5ClF4N2O2/c1-3-4-2-5(10(19)20)7(11(14,15)16)17-9(4)18-8(12)6(3)13/h2H,1H3,(H,19,20)/p-1. The molecule has 0 fully saturated rings. The SMILES string of the molecule is Cc1c(F)c(Cl)nc2nc(C(F)(F)F)c(C(=O)[O-])cc12. The number of rotatable bonds is 1. The van der Waals surface area contributed by atoms with Crippen LogP contribution in [0.15, 0.2) is 6.07 Å². The number of carbonyl (C=O) groups is 1. The Balaban J connectivity index is 2.93. The summed E-state index contributed by atoms with van der Waals surface area (Å²) in [6.07, 6.45) is -5.01. The molecule has 2 aromatic heterocycles. The number of carbonyl (C=O) groups excluding carboxylic acids is 1. The van der Waals surface area contributed by atoms with Crippen molar-refractivity contribution in [2.45, 2.75) is 13.1 Å². The average Bonchev–Trinajstić information content (AvgIpc) is 2.33. The third-order valence-corrected chi connectivity index (χ3v) is 2.86. The second-order valence-electron chi connectivity index (χ2n) is 3.88. The molecule has 20 heavy (non-hydrogen) atoms. The molecule has 0 aliphatic carbocycles. The van der Waals surface area contributed by atoms with Crippen LogP contribution in [0.4, 0.5) is 17.6 Å². The van der Waals surface area contributed by atoms with Gasteiger partial charge in [-0.1, -0.05) is 11.6 Å². The highest BCUT2D eigenvalue weighted by Crippen LogP contribution is 2.33. The number of halogens is 5. The van der Waals surface area contributed by atoms with Gasteiger partial charge in [-0.25, -0.2) is 14.4 Å². The van der Waals surface area contributed by atoms with Gasteiger partial charge in [0, 0.05) is 10.9 Å². The summed E-state index contributed by atoms with van der Waals surface area (Å²) in [7, 11) is 0. The summed E-state index contributed by atoms with van der Waals surface area (Å²) in [5.41, 5.74) is -3.49. The number of aromatic nitrogens is 2. The maximum atomic E-state index is 13.5. The second kappa shape index (κ2) is 4.55. The van der Waals surface area contributed by atoms with Crippen LogP contribution in [0.2, 0.25) is 5.15 Å². The summed E-state index contributed by atoms with van der Waals surface area (Å²) in [5, 5.41) is 9.96. The minimum Gasteiger partial charge on any atom is -0.545 e. The van der Waals surface area contributed by atoms with E-state index in [4.69, 9.17) is 11.6 Å². The van der Waals surface area contributed by atoms with Crippen LogP contribution in [0.5, 0.6) is 0 Å². The third kappa shape index (κ3) is 2.26. The molecule has 0 radical (unpaired) electrons. The van der Waals surface area contributed by atoms with Crippen molar-refractivity contribution in [3.8, 4) is 0 Å². The van der Waals surface area contributed by atoms with Crippen LogP contribution in [0, 0.1) is 12.7 Å². The molecule has 9 heteroatoms. The maximum absolute atomic E-state index is 13.5. The molecule has 0 amide bonds. The molecule has 2 rings (SSSR count). The molecule has 0 N–H and O–H groups in total. The monoisotopic (exact) mass is 307 g/mol. The molecule has 0 aliphatic heterocycles. The van der Waals surface area contributed by atoms with Crippen molar-refractivity contribution in [2.75, 3.05) is 0 Å². The third-order valence-electron chi connectivity index (χ3n) is 2.61. The van der Waals surface area contributed by atoms with Gasteiger partial charge < -0.3 is 9.90 Å². The lowest BCUT2D eigenvalue weighted by Gasteiger charge is -2.14. The van der Waals surface area contributed by atoms with E-state index >= 15 is 0 Å². The van der Waals surface area contributed by atoms with Crippen molar-refractivity contribution in [1.29, 1.82) is 0 Å². The number of carboxylic acid groups (broad SMARTS) is 1. The first-order chi connectivity index (χ1) is 9.12. The summed E-state index contributed by atoms with van der Waals surface area (Å²) in [6, 6.07) is 0.627. The van der Waals surface area contributed by atoms with E-state index in [1.807, 2.05) is 0 Å². The molecular formula is C11H4ClF4N2O2-. The average molecular weight is 308 g/mol. The summed E-state index contributed by atoms with van der Waals surface area (Å²) >= 11 is 5.43. The number of aryl methyl sites for hydroxylation is 1. The lowest BCUT2D eigenvalue weighted by Crippen LogP contribution is -2.27. The largest absolute Gasteiger partial charge is 0.545 e. The molecule has 106 valence electrons. The van der Waals surface area contributed by atoms with Gasteiger partial charge in [0.1, 0.15) is 0 Å². The maximum Gasteiger partial charge on any atom is 0.434 e. The van der Waals surface area contributed by atoms with Crippen LogP contribution in [0.3, 0.4) is 0 Å². The van der Waals surface area contributed by atoms with Crippen molar-refractivity contribution in [2.24, 2.45) is 0 Å². The van der Waals surface area contributed by atoms with Crippen LogP contribution >= 0.6 is 11.6 Å². The Morgan fingerprint density at radius 3 is 2.45 bits per heavy atom. The lowest BCUT2D eigenvalue weighted by atomic mass is 10.1. The van der Waals surface area contributed by atoms with Crippen LogP contribution in [0.25, 0.3) is 11.0 Å². The van der Waals surface area contributed by atoms with E-state index in [1.165, 1.54) is 6.92 Å². The zero-order valence-corrected chi connectivity index (χ0v) is 10.4. The van der Waals surface area contributed by atoms with Crippen LogP contribution in [-0.4, -0.2) is 15.9 Å². The van der Waals surface area contributed by atoms with Crippen molar-refractivity contribution < 1.29 is 27.5 Å². The van der Waals surface area contributed by atoms with Crippen LogP contribution in [0.1, 0.15) is 21.6 Å². The Hall–Kier alpha value is -1.96. The second-order valence-corrected chi connectivity index (χ2v) is 4.24. The molecule has 4 nitrogen and oxygen atoms in total. The number of carboxylic acids is 1. The minimum absolute atomic E-state index is 0.149. The molecule has 2 heterocycles. The lowest BCUT2D eigenvalue weighted by molar-refractivity contribution is -0.255. The van der Waals surface area contributed by atoms with Gasteiger partial charge in [-0.3, -0.25) is 0 Å². The molecule has 0 spiro atoms. The molecule has 0 unspecified atom stereocenters. The molecule has 0 bridgehead atoms. The van der Waals surface area contributed by atoms with E-state index in [0.717, 1.165) is 0 Å². The number of pyridine rings is 2. The van der Waals surface area contributed by atoms with Gasteiger partial charge in [0.05, 0.1) is 5.97 Å². The Bertz CT molecular complexity index is 731. The van der Waals surface area contributed by atoms with E-state index in [9.17, 15) is 27.5 Å². The fourth-order valence-electron chi connectivity index (χ4n) is 1.65. The molecule has 0 saturated carbocycles. The summed E-state index contributed by atoms with van der Waals surface area (Å²) in [4.78, 5) is 17.3. The van der Waals surface area contributed by atoms with Crippen LogP contribution in [-0.2, 0) is 6.18 Å². The number of fused-ring (bicyclic) bond motifs is 1. The van der Waals surface area contributed by atoms with Gasteiger partial charge in [0.25, 0.3) is 0 Å². The highest BCUT2D eigenvalue weighted by atomic mass is 35.5. The first kappa shape index (κ1) is 14.4. The van der Waals surface area contributed by atoms with Gasteiger partial charge in [0.15, 0.2) is 22.3 Å². The van der Waals surface area contributed by atoms with Crippen molar-refractivity contribution in [1.82, 2.24) is 9.97 Å². The molecule has 0 aliphatic rings. The van der Waals surface area contributed by atoms with Crippen molar-refractivity contribution in [3.05, 3.63) is 33.9 Å². The van der Waals surface area contributed by atoms with Crippen molar-refractivity contribution >= 4 is 28.6 Å². The normalized spacial score (nSPS) is 11.9. The number of alkyl halides is 3. The van der Waals surface area contributed by atoms with Crippen molar-refractivity contribution in [3.63, 3.8) is 0 Å². The fraction of sp³-hybridized carbons (Fsp3) is 0.182. The smallest absolute Gasteiger partial charge is 0.434 e. The predicted molar refractivity (Wildman–Crippen MR) is 58.6 cm³/mol. The quantitative estimate of drug-likeness (QED) is 0.598. The zero-order chi connectivity index (χ0) is 15.2. The van der Waals surface area contributed by atoms with Gasteiger partial charge >= 0.3 is 6.18 Å². The number of aromatic carboxylic acids is 1. The summed E-state index contributed by atoms with van der Waals surface area (Å²) in [6.45, 7) is 1.22.